The number of nitrogens with one attached hydrogen (secondary N) is 2. The number of aliphatic imine (C=N–C) groups is 1. The minimum Gasteiger partial charge on any atom is -0.493 e. The second-order valence-corrected chi connectivity index (χ2v) is 6.06. The van der Waals surface area contributed by atoms with E-state index in [4.69, 9.17) is 14.2 Å². The summed E-state index contributed by atoms with van der Waals surface area (Å²) in [6.07, 6.45) is 0. The van der Waals surface area contributed by atoms with Crippen LogP contribution in [0.3, 0.4) is 0 Å². The minimum absolute atomic E-state index is 0.00607. The van der Waals surface area contributed by atoms with Gasteiger partial charge < -0.3 is 29.6 Å². The minimum atomic E-state index is -2.91. The number of nitrogens with zero attached hydrogens (tertiary/aromatic N) is 1. The fourth-order valence-corrected chi connectivity index (χ4v) is 2.71. The molecule has 30 heavy (non-hydrogen) atoms. The lowest BCUT2D eigenvalue weighted by Gasteiger charge is -2.15. The van der Waals surface area contributed by atoms with Gasteiger partial charge in [0.1, 0.15) is 0 Å². The molecule has 7 nitrogen and oxygen atoms in total. The van der Waals surface area contributed by atoms with Gasteiger partial charge in [-0.2, -0.15) is 8.78 Å². The molecule has 0 atom stereocenters. The lowest BCUT2D eigenvalue weighted by atomic mass is 10.2. The molecule has 0 saturated heterocycles. The number of hydrogen-bond donors (Lipinski definition) is 2. The molecule has 9 heteroatoms. The molecule has 0 bridgehead atoms. The molecule has 164 valence electrons. The van der Waals surface area contributed by atoms with E-state index in [2.05, 4.69) is 20.4 Å². The highest BCUT2D eigenvalue weighted by Gasteiger charge is 2.12. The van der Waals surface area contributed by atoms with Crippen molar-refractivity contribution in [2.45, 2.75) is 26.6 Å². The summed E-state index contributed by atoms with van der Waals surface area (Å²) in [5.41, 5.74) is 1.82. The van der Waals surface area contributed by atoms with E-state index >= 15 is 0 Å². The first-order valence-electron chi connectivity index (χ1n) is 9.36. The molecule has 0 aliphatic heterocycles. The summed E-state index contributed by atoms with van der Waals surface area (Å²) in [4.78, 5) is 4.19. The van der Waals surface area contributed by atoms with Crippen molar-refractivity contribution in [1.29, 1.82) is 0 Å². The molecule has 0 unspecified atom stereocenters. The van der Waals surface area contributed by atoms with Gasteiger partial charge in [-0.15, -0.1) is 0 Å². The van der Waals surface area contributed by atoms with Gasteiger partial charge in [-0.05, 0) is 42.3 Å². The third-order valence-electron chi connectivity index (χ3n) is 4.12. The van der Waals surface area contributed by atoms with Gasteiger partial charge in [-0.3, -0.25) is 4.99 Å². The number of alkyl halides is 2. The Hall–Kier alpha value is -3.23. The van der Waals surface area contributed by atoms with Gasteiger partial charge in [-0.1, -0.05) is 12.1 Å². The van der Waals surface area contributed by atoms with Crippen molar-refractivity contribution in [1.82, 2.24) is 10.6 Å². The molecule has 2 aromatic rings. The van der Waals surface area contributed by atoms with Gasteiger partial charge in [0.15, 0.2) is 29.0 Å². The first kappa shape index (κ1) is 23.1. The average molecular weight is 423 g/mol. The van der Waals surface area contributed by atoms with E-state index in [1.165, 1.54) is 6.07 Å². The molecule has 0 radical (unpaired) electrons. The van der Waals surface area contributed by atoms with Crippen LogP contribution in [0.5, 0.6) is 23.0 Å². The van der Waals surface area contributed by atoms with Crippen molar-refractivity contribution in [3.8, 4) is 23.0 Å². The smallest absolute Gasteiger partial charge is 0.387 e. The number of methoxy groups -OCH3 is 2. The van der Waals surface area contributed by atoms with Crippen molar-refractivity contribution in [3.63, 3.8) is 0 Å². The van der Waals surface area contributed by atoms with Crippen LogP contribution < -0.4 is 29.6 Å². The molecule has 2 N–H and O–H groups in total. The zero-order valence-electron chi connectivity index (χ0n) is 17.5. The third-order valence-corrected chi connectivity index (χ3v) is 4.12. The first-order valence-corrected chi connectivity index (χ1v) is 9.36. The maximum Gasteiger partial charge on any atom is 0.387 e. The van der Waals surface area contributed by atoms with Gasteiger partial charge in [0.05, 0.1) is 20.8 Å². The fourth-order valence-electron chi connectivity index (χ4n) is 2.71. The van der Waals surface area contributed by atoms with Crippen molar-refractivity contribution >= 4 is 5.96 Å². The highest BCUT2D eigenvalue weighted by molar-refractivity contribution is 5.79. The second kappa shape index (κ2) is 11.7. The Labute approximate surface area is 175 Å². The largest absolute Gasteiger partial charge is 0.493 e. The van der Waals surface area contributed by atoms with E-state index < -0.39 is 6.61 Å². The van der Waals surface area contributed by atoms with Crippen LogP contribution in [0.15, 0.2) is 41.4 Å². The molecule has 0 heterocycles. The van der Waals surface area contributed by atoms with Crippen LogP contribution in [0.1, 0.15) is 18.1 Å². The molecule has 2 rings (SSSR count). The van der Waals surface area contributed by atoms with Crippen LogP contribution in [0.4, 0.5) is 8.78 Å². The Bertz CT molecular complexity index is 847. The topological polar surface area (TPSA) is 73.3 Å². The molecular weight excluding hydrogens is 396 g/mol. The van der Waals surface area contributed by atoms with Crippen LogP contribution in [-0.4, -0.2) is 40.4 Å². The second-order valence-electron chi connectivity index (χ2n) is 6.06. The SMILES string of the molecule is CCOc1cc(CNC(=NC)NCc2ccc(OC)c(OC)c2)ccc1OC(F)F. The van der Waals surface area contributed by atoms with Crippen LogP contribution in [0, 0.1) is 0 Å². The Morgan fingerprint density at radius 1 is 0.900 bits per heavy atom. The lowest BCUT2D eigenvalue weighted by molar-refractivity contribution is -0.0514. The van der Waals surface area contributed by atoms with Crippen LogP contribution in [0.2, 0.25) is 0 Å². The van der Waals surface area contributed by atoms with E-state index in [9.17, 15) is 8.78 Å². The Morgan fingerprint density at radius 2 is 1.47 bits per heavy atom. The summed E-state index contributed by atoms with van der Waals surface area (Å²) in [5.74, 6) is 2.16. The first-order chi connectivity index (χ1) is 14.5. The van der Waals surface area contributed by atoms with Crippen molar-refractivity contribution in [2.75, 3.05) is 27.9 Å². The van der Waals surface area contributed by atoms with Gasteiger partial charge in [-0.25, -0.2) is 0 Å². The van der Waals surface area contributed by atoms with Crippen LogP contribution in [-0.2, 0) is 13.1 Å². The predicted octanol–water partition coefficient (Wildman–Crippen LogP) is 3.57. The van der Waals surface area contributed by atoms with E-state index in [0.717, 1.165) is 11.1 Å². The zero-order chi connectivity index (χ0) is 21.9. The van der Waals surface area contributed by atoms with Crippen molar-refractivity contribution in [2.24, 2.45) is 4.99 Å². The van der Waals surface area contributed by atoms with Gasteiger partial charge in [0.25, 0.3) is 0 Å². The maximum atomic E-state index is 12.5. The third kappa shape index (κ3) is 6.68. The Balaban J connectivity index is 1.97. The number of hydrogen-bond acceptors (Lipinski definition) is 5. The number of halogens is 2. The predicted molar refractivity (Wildman–Crippen MR) is 111 cm³/mol. The molecule has 0 aliphatic carbocycles. The van der Waals surface area contributed by atoms with Gasteiger partial charge in [0, 0.05) is 20.1 Å². The molecule has 0 aromatic heterocycles. The maximum absolute atomic E-state index is 12.5. The molecule has 0 amide bonds. The zero-order valence-corrected chi connectivity index (χ0v) is 17.5. The Kier molecular flexibility index (Phi) is 8.99. The molecule has 0 fully saturated rings. The van der Waals surface area contributed by atoms with Crippen molar-refractivity contribution in [3.05, 3.63) is 47.5 Å². The lowest BCUT2D eigenvalue weighted by Crippen LogP contribution is -2.36. The summed E-state index contributed by atoms with van der Waals surface area (Å²) in [6, 6.07) is 10.5. The normalized spacial score (nSPS) is 11.2. The molecular formula is C21H27F2N3O4. The highest BCUT2D eigenvalue weighted by atomic mass is 19.3. The van der Waals surface area contributed by atoms with E-state index in [-0.39, 0.29) is 11.5 Å². The fraction of sp³-hybridized carbons (Fsp3) is 0.381. The molecule has 0 spiro atoms. The summed E-state index contributed by atoms with van der Waals surface area (Å²) >= 11 is 0. The van der Waals surface area contributed by atoms with E-state index in [0.29, 0.717) is 37.2 Å². The summed E-state index contributed by atoms with van der Waals surface area (Å²) in [5, 5.41) is 6.38. The van der Waals surface area contributed by atoms with Crippen LogP contribution in [0.25, 0.3) is 0 Å². The summed E-state index contributed by atoms with van der Waals surface area (Å²) in [6.45, 7) is 0.140. The standard InChI is InChI=1S/C21H27F2N3O4/c1-5-29-19-11-15(7-9-17(19)30-20(22)23)13-26-21(24-2)25-12-14-6-8-16(27-3)18(10-14)28-4/h6-11,20H,5,12-13H2,1-4H3,(H2,24,25,26). The van der Waals surface area contributed by atoms with Gasteiger partial charge >= 0.3 is 6.61 Å². The van der Waals surface area contributed by atoms with Crippen LogP contribution >= 0.6 is 0 Å². The molecule has 0 aliphatic rings. The average Bonchev–Trinajstić information content (AvgIpc) is 2.75. The molecule has 0 saturated carbocycles. The van der Waals surface area contributed by atoms with E-state index in [1.54, 1.807) is 40.3 Å². The summed E-state index contributed by atoms with van der Waals surface area (Å²) < 4.78 is 45.5. The molecule has 2 aromatic carbocycles. The number of rotatable bonds is 10. The van der Waals surface area contributed by atoms with E-state index in [1.807, 2.05) is 18.2 Å². The number of benzene rings is 2. The Morgan fingerprint density at radius 3 is 1.97 bits per heavy atom. The van der Waals surface area contributed by atoms with Crippen molar-refractivity contribution < 1.29 is 27.7 Å². The number of guanidine groups is 1. The number of ether oxygens (including phenoxy) is 4. The monoisotopic (exact) mass is 423 g/mol. The quantitative estimate of drug-likeness (QED) is 0.450. The van der Waals surface area contributed by atoms with Gasteiger partial charge in [0.2, 0.25) is 0 Å². The summed E-state index contributed by atoms with van der Waals surface area (Å²) in [7, 11) is 4.84. The highest BCUT2D eigenvalue weighted by Crippen LogP contribution is 2.30.